The summed E-state index contributed by atoms with van der Waals surface area (Å²) in [4.78, 5) is 34.5. The van der Waals surface area contributed by atoms with E-state index in [1.807, 2.05) is 0 Å². The van der Waals surface area contributed by atoms with Gasteiger partial charge in [0, 0.05) is 11.1 Å². The minimum Gasteiger partial charge on any atom is -0.503 e. The van der Waals surface area contributed by atoms with Crippen molar-refractivity contribution in [3.05, 3.63) is 60.0 Å². The minimum absolute atomic E-state index is 0.0483. The number of carbonyl (C=O) groups excluding carboxylic acids is 2. The van der Waals surface area contributed by atoms with Crippen LogP contribution in [0.3, 0.4) is 0 Å². The van der Waals surface area contributed by atoms with Crippen molar-refractivity contribution in [1.82, 2.24) is 9.97 Å². The molecule has 0 saturated carbocycles. The zero-order valence-corrected chi connectivity index (χ0v) is 15.2. The molecule has 1 aromatic carbocycles. The summed E-state index contributed by atoms with van der Waals surface area (Å²) < 4.78 is 5.52. The Morgan fingerprint density at radius 2 is 2.07 bits per heavy atom. The third-order valence-corrected chi connectivity index (χ3v) is 4.63. The Balaban J connectivity index is 1.89. The van der Waals surface area contributed by atoms with Crippen LogP contribution in [0.1, 0.15) is 32.6 Å². The van der Waals surface area contributed by atoms with Gasteiger partial charge in [-0.05, 0) is 30.3 Å². The Kier molecular flexibility index (Phi) is 3.69. The Bertz CT molecular complexity index is 1070. The number of hydrogen-bond acceptors (Lipinski definition) is 5. The van der Waals surface area contributed by atoms with Gasteiger partial charge in [0.05, 0.1) is 29.2 Å². The fourth-order valence-electron chi connectivity index (χ4n) is 3.30. The monoisotopic (exact) mass is 365 g/mol. The highest BCUT2D eigenvalue weighted by molar-refractivity contribution is 6.17. The number of nitrogens with zero attached hydrogens (tertiary/aromatic N) is 2. The molecule has 1 amide bonds. The van der Waals surface area contributed by atoms with Crippen LogP contribution in [0.25, 0.3) is 11.0 Å². The number of amides is 1. The number of hydrogen-bond donors (Lipinski definition) is 2. The van der Waals surface area contributed by atoms with Crippen LogP contribution in [0, 0.1) is 5.41 Å². The molecule has 7 nitrogen and oxygen atoms in total. The topological polar surface area (TPSA) is 99.4 Å². The van der Waals surface area contributed by atoms with Gasteiger partial charge in [-0.25, -0.2) is 4.98 Å². The predicted molar refractivity (Wildman–Crippen MR) is 99.1 cm³/mol. The van der Waals surface area contributed by atoms with Crippen molar-refractivity contribution in [3.63, 3.8) is 0 Å². The second kappa shape index (κ2) is 5.84. The molecule has 2 aromatic heterocycles. The predicted octanol–water partition coefficient (Wildman–Crippen LogP) is 3.67. The van der Waals surface area contributed by atoms with Gasteiger partial charge in [-0.15, -0.1) is 0 Å². The highest BCUT2D eigenvalue weighted by Crippen LogP contribution is 2.43. The number of nitrogens with one attached hydrogen (secondary N) is 1. The number of fused-ring (bicyclic) bond motifs is 1. The molecule has 1 aliphatic heterocycles. The number of aromatic nitrogens is 2. The summed E-state index contributed by atoms with van der Waals surface area (Å²) in [6.45, 7) is 5.25. The molecule has 3 heterocycles. The molecule has 7 heteroatoms. The number of imidazole rings is 1. The third kappa shape index (κ3) is 2.63. The first kappa shape index (κ1) is 17.1. The van der Waals surface area contributed by atoms with Crippen molar-refractivity contribution >= 4 is 28.4 Å². The number of carbonyl (C=O) groups is 2. The van der Waals surface area contributed by atoms with Gasteiger partial charge in [0.1, 0.15) is 11.8 Å². The quantitative estimate of drug-likeness (QED) is 0.738. The van der Waals surface area contributed by atoms with Crippen LogP contribution in [0.4, 0.5) is 5.69 Å². The van der Waals surface area contributed by atoms with Crippen molar-refractivity contribution in [1.29, 1.82) is 0 Å². The standard InChI is InChI=1S/C20H19N3O4/c1-20(2,3)18(25)15-16(14-5-4-8-27-14)23(19(26)17(15)24)11-6-7-12-13(9-11)22-10-21-12/h4-10,16,24H,1-3H3,(H,21,22)/t16-/m1/s1. The van der Waals surface area contributed by atoms with Gasteiger partial charge in [-0.1, -0.05) is 20.8 Å². The van der Waals surface area contributed by atoms with Crippen LogP contribution in [0.5, 0.6) is 0 Å². The molecule has 0 saturated heterocycles. The second-order valence-corrected chi connectivity index (χ2v) is 7.54. The van der Waals surface area contributed by atoms with E-state index < -0.39 is 23.1 Å². The summed E-state index contributed by atoms with van der Waals surface area (Å²) in [5.41, 5.74) is 1.31. The van der Waals surface area contributed by atoms with E-state index in [0.29, 0.717) is 11.4 Å². The number of Topliss-reactive ketones (excluding diaryl/α,β-unsaturated/α-hetero) is 1. The average molecular weight is 365 g/mol. The lowest BCUT2D eigenvalue weighted by atomic mass is 9.83. The van der Waals surface area contributed by atoms with Crippen LogP contribution < -0.4 is 4.90 Å². The van der Waals surface area contributed by atoms with E-state index in [-0.39, 0.29) is 11.4 Å². The molecule has 1 aliphatic rings. The molecule has 0 spiro atoms. The Hall–Kier alpha value is -3.35. The van der Waals surface area contributed by atoms with E-state index in [4.69, 9.17) is 4.42 Å². The number of H-pyrrole nitrogens is 1. The Morgan fingerprint density at radius 3 is 2.74 bits per heavy atom. The number of aliphatic hydroxyl groups excluding tert-OH is 1. The van der Waals surface area contributed by atoms with Gasteiger partial charge in [-0.3, -0.25) is 14.5 Å². The number of ketones is 1. The summed E-state index contributed by atoms with van der Waals surface area (Å²) in [5.74, 6) is -1.08. The molecule has 2 N–H and O–H groups in total. The van der Waals surface area contributed by atoms with Crippen LogP contribution in [0.2, 0.25) is 0 Å². The van der Waals surface area contributed by atoms with Gasteiger partial charge in [-0.2, -0.15) is 0 Å². The van der Waals surface area contributed by atoms with Crippen LogP contribution >= 0.6 is 0 Å². The number of anilines is 1. The molecule has 4 rings (SSSR count). The molecule has 0 aliphatic carbocycles. The van der Waals surface area contributed by atoms with E-state index in [1.54, 1.807) is 57.4 Å². The van der Waals surface area contributed by atoms with Gasteiger partial charge < -0.3 is 14.5 Å². The Morgan fingerprint density at radius 1 is 1.30 bits per heavy atom. The summed E-state index contributed by atoms with van der Waals surface area (Å²) in [5, 5.41) is 10.6. The lowest BCUT2D eigenvalue weighted by Gasteiger charge is -2.27. The van der Waals surface area contributed by atoms with Gasteiger partial charge in [0.25, 0.3) is 5.91 Å². The summed E-state index contributed by atoms with van der Waals surface area (Å²) in [6.07, 6.45) is 3.04. The van der Waals surface area contributed by atoms with Crippen molar-refractivity contribution in [2.45, 2.75) is 26.8 Å². The average Bonchev–Trinajstić information content (AvgIpc) is 3.33. The van der Waals surface area contributed by atoms with E-state index in [1.165, 1.54) is 11.2 Å². The summed E-state index contributed by atoms with van der Waals surface area (Å²) >= 11 is 0. The largest absolute Gasteiger partial charge is 0.503 e. The first-order chi connectivity index (χ1) is 12.8. The van der Waals surface area contributed by atoms with Crippen molar-refractivity contribution in [3.8, 4) is 0 Å². The van der Waals surface area contributed by atoms with E-state index in [0.717, 1.165) is 11.0 Å². The molecule has 0 unspecified atom stereocenters. The molecule has 138 valence electrons. The molecule has 3 aromatic rings. The highest BCUT2D eigenvalue weighted by atomic mass is 16.3. The number of furan rings is 1. The SMILES string of the molecule is CC(C)(C)C(=O)C1=C(O)C(=O)N(c2ccc3nc[nH]c3c2)[C@@H]1c1ccco1. The highest BCUT2D eigenvalue weighted by Gasteiger charge is 2.47. The third-order valence-electron chi connectivity index (χ3n) is 4.63. The van der Waals surface area contributed by atoms with Crippen molar-refractivity contribution < 1.29 is 19.1 Å². The molecule has 0 bridgehead atoms. The molecular formula is C20H19N3O4. The molecule has 0 fully saturated rings. The maximum atomic E-state index is 13.0. The zero-order chi connectivity index (χ0) is 19.3. The van der Waals surface area contributed by atoms with Crippen LogP contribution in [-0.2, 0) is 9.59 Å². The van der Waals surface area contributed by atoms with E-state index >= 15 is 0 Å². The minimum atomic E-state index is -0.834. The summed E-state index contributed by atoms with van der Waals surface area (Å²) in [7, 11) is 0. The second-order valence-electron chi connectivity index (χ2n) is 7.54. The maximum Gasteiger partial charge on any atom is 0.294 e. The molecule has 1 atom stereocenters. The molecule has 27 heavy (non-hydrogen) atoms. The lowest BCUT2D eigenvalue weighted by molar-refractivity contribution is -0.123. The smallest absolute Gasteiger partial charge is 0.294 e. The number of aliphatic hydroxyl groups is 1. The lowest BCUT2D eigenvalue weighted by Crippen LogP contribution is -2.32. The van der Waals surface area contributed by atoms with Crippen molar-refractivity contribution in [2.24, 2.45) is 5.41 Å². The van der Waals surface area contributed by atoms with Gasteiger partial charge >= 0.3 is 0 Å². The van der Waals surface area contributed by atoms with Crippen LogP contribution in [0.15, 0.2) is 58.7 Å². The Labute approximate surface area is 155 Å². The fraction of sp³-hybridized carbons (Fsp3) is 0.250. The van der Waals surface area contributed by atoms with E-state index in [2.05, 4.69) is 9.97 Å². The molecule has 0 radical (unpaired) electrons. The van der Waals surface area contributed by atoms with Gasteiger partial charge in [0.15, 0.2) is 11.5 Å². The first-order valence-electron chi connectivity index (χ1n) is 8.57. The van der Waals surface area contributed by atoms with E-state index in [9.17, 15) is 14.7 Å². The van der Waals surface area contributed by atoms with Crippen LogP contribution in [-0.4, -0.2) is 26.8 Å². The fourth-order valence-corrected chi connectivity index (χ4v) is 3.30. The number of aromatic amines is 1. The number of rotatable bonds is 3. The zero-order valence-electron chi connectivity index (χ0n) is 15.2. The molecular weight excluding hydrogens is 346 g/mol. The first-order valence-corrected chi connectivity index (χ1v) is 8.57. The van der Waals surface area contributed by atoms with Crippen molar-refractivity contribution in [2.75, 3.05) is 4.90 Å². The normalized spacial score (nSPS) is 18.0. The number of benzene rings is 1. The summed E-state index contributed by atoms with van der Waals surface area (Å²) in [6, 6.07) is 7.80. The van der Waals surface area contributed by atoms with Gasteiger partial charge in [0.2, 0.25) is 0 Å². The maximum absolute atomic E-state index is 13.0.